The van der Waals surface area contributed by atoms with Gasteiger partial charge in [0.25, 0.3) is 11.8 Å². The van der Waals surface area contributed by atoms with Gasteiger partial charge in [-0.2, -0.15) is 5.10 Å². The van der Waals surface area contributed by atoms with E-state index in [1.807, 2.05) is 0 Å². The maximum atomic E-state index is 13.7. The lowest BCUT2D eigenvalue weighted by atomic mass is 10.2. The average molecular weight is 403 g/mol. The zero-order valence-corrected chi connectivity index (χ0v) is 14.3. The molecule has 126 valence electrons. The molecule has 3 rings (SSSR count). The topological polar surface area (TPSA) is 90.0 Å². The van der Waals surface area contributed by atoms with Crippen molar-refractivity contribution in [1.29, 1.82) is 0 Å². The predicted molar refractivity (Wildman–Crippen MR) is 94.1 cm³/mol. The highest BCUT2D eigenvalue weighted by atomic mass is 79.9. The van der Waals surface area contributed by atoms with E-state index >= 15 is 0 Å². The van der Waals surface area contributed by atoms with Crippen LogP contribution in [-0.4, -0.2) is 21.6 Å². The van der Waals surface area contributed by atoms with Gasteiger partial charge in [-0.3, -0.25) is 9.59 Å². The number of hydrogen-bond donors (Lipinski definition) is 2. The molecule has 0 aliphatic rings. The first-order valence-corrected chi connectivity index (χ1v) is 7.95. The summed E-state index contributed by atoms with van der Waals surface area (Å²) in [6, 6.07) is 12.3. The van der Waals surface area contributed by atoms with Crippen LogP contribution in [0.4, 0.5) is 10.1 Å². The van der Waals surface area contributed by atoms with Crippen LogP contribution in [0.25, 0.3) is 5.69 Å². The molecule has 25 heavy (non-hydrogen) atoms. The first-order valence-electron chi connectivity index (χ1n) is 7.16. The van der Waals surface area contributed by atoms with Crippen molar-refractivity contribution in [3.8, 4) is 5.69 Å². The lowest BCUT2D eigenvalue weighted by molar-refractivity contribution is 0.0992. The zero-order valence-electron chi connectivity index (χ0n) is 12.7. The lowest BCUT2D eigenvalue weighted by Crippen LogP contribution is -2.14. The predicted octanol–water partition coefficient (Wildman–Crippen LogP) is 3.13. The van der Waals surface area contributed by atoms with Crippen molar-refractivity contribution < 1.29 is 14.0 Å². The molecule has 0 saturated heterocycles. The van der Waals surface area contributed by atoms with Gasteiger partial charge in [-0.1, -0.05) is 15.9 Å². The van der Waals surface area contributed by atoms with E-state index < -0.39 is 17.6 Å². The number of carbonyl (C=O) groups is 2. The standard InChI is InChI=1S/C17H12BrFN4O2/c18-10-1-6-14(19)13(9-10)17(25)21-11-2-4-12(5-3-11)23-8-7-15(22-23)16(20)24/h1-9H,(H2,20,24)(H,21,25). The molecule has 0 unspecified atom stereocenters. The van der Waals surface area contributed by atoms with Crippen molar-refractivity contribution >= 4 is 33.4 Å². The third-order valence-electron chi connectivity index (χ3n) is 3.40. The number of primary amides is 1. The van der Waals surface area contributed by atoms with E-state index in [4.69, 9.17) is 5.73 Å². The van der Waals surface area contributed by atoms with Crippen molar-refractivity contribution in [2.75, 3.05) is 5.32 Å². The van der Waals surface area contributed by atoms with Crippen molar-refractivity contribution in [2.45, 2.75) is 0 Å². The maximum Gasteiger partial charge on any atom is 0.269 e. The van der Waals surface area contributed by atoms with Gasteiger partial charge in [0.05, 0.1) is 11.3 Å². The van der Waals surface area contributed by atoms with E-state index in [2.05, 4.69) is 26.3 Å². The van der Waals surface area contributed by atoms with E-state index in [9.17, 15) is 14.0 Å². The molecule has 0 aliphatic heterocycles. The Balaban J connectivity index is 1.77. The highest BCUT2D eigenvalue weighted by Gasteiger charge is 2.12. The minimum absolute atomic E-state index is 0.0587. The number of nitrogens with one attached hydrogen (secondary N) is 1. The van der Waals surface area contributed by atoms with Gasteiger partial charge in [0, 0.05) is 16.4 Å². The number of aromatic nitrogens is 2. The molecule has 0 aliphatic carbocycles. The van der Waals surface area contributed by atoms with Crippen LogP contribution in [0.5, 0.6) is 0 Å². The summed E-state index contributed by atoms with van der Waals surface area (Å²) in [5.41, 5.74) is 6.44. The molecule has 0 bridgehead atoms. The minimum atomic E-state index is -0.612. The van der Waals surface area contributed by atoms with Crippen LogP contribution in [0.1, 0.15) is 20.8 Å². The molecule has 8 heteroatoms. The van der Waals surface area contributed by atoms with E-state index in [-0.39, 0.29) is 11.3 Å². The molecule has 3 aromatic rings. The average Bonchev–Trinajstić information content (AvgIpc) is 3.08. The Hall–Kier alpha value is -3.00. The third kappa shape index (κ3) is 3.74. The third-order valence-corrected chi connectivity index (χ3v) is 3.90. The Morgan fingerprint density at radius 1 is 1.12 bits per heavy atom. The molecule has 0 spiro atoms. The normalized spacial score (nSPS) is 10.5. The van der Waals surface area contributed by atoms with Crippen molar-refractivity contribution in [3.63, 3.8) is 0 Å². The molecule has 1 aromatic heterocycles. The number of carbonyl (C=O) groups excluding carboxylic acids is 2. The lowest BCUT2D eigenvalue weighted by Gasteiger charge is -2.08. The molecule has 2 aromatic carbocycles. The van der Waals surface area contributed by atoms with Gasteiger partial charge in [-0.15, -0.1) is 0 Å². The number of anilines is 1. The van der Waals surface area contributed by atoms with Gasteiger partial charge in [0.2, 0.25) is 0 Å². The number of rotatable bonds is 4. The summed E-state index contributed by atoms with van der Waals surface area (Å²) >= 11 is 3.21. The molecule has 1 heterocycles. The molecule has 0 radical (unpaired) electrons. The minimum Gasteiger partial charge on any atom is -0.364 e. The van der Waals surface area contributed by atoms with E-state index in [0.717, 1.165) is 0 Å². The summed E-state index contributed by atoms with van der Waals surface area (Å²) in [4.78, 5) is 23.3. The van der Waals surface area contributed by atoms with Crippen LogP contribution in [0, 0.1) is 5.82 Å². The second-order valence-electron chi connectivity index (χ2n) is 5.13. The van der Waals surface area contributed by atoms with Crippen LogP contribution in [0.15, 0.2) is 59.2 Å². The van der Waals surface area contributed by atoms with E-state index in [1.54, 1.807) is 30.5 Å². The highest BCUT2D eigenvalue weighted by Crippen LogP contribution is 2.18. The second kappa shape index (κ2) is 6.86. The van der Waals surface area contributed by atoms with E-state index in [0.29, 0.717) is 15.8 Å². The monoisotopic (exact) mass is 402 g/mol. The summed E-state index contributed by atoms with van der Waals surface area (Å²) in [6.07, 6.45) is 1.60. The molecule has 0 atom stereocenters. The largest absolute Gasteiger partial charge is 0.364 e. The van der Waals surface area contributed by atoms with E-state index in [1.165, 1.54) is 28.9 Å². The molecule has 0 fully saturated rings. The van der Waals surface area contributed by atoms with Gasteiger partial charge in [-0.05, 0) is 48.5 Å². The fourth-order valence-corrected chi connectivity index (χ4v) is 2.53. The smallest absolute Gasteiger partial charge is 0.269 e. The summed E-state index contributed by atoms with van der Waals surface area (Å²) < 4.78 is 15.8. The van der Waals surface area contributed by atoms with Crippen LogP contribution in [-0.2, 0) is 0 Å². The fourth-order valence-electron chi connectivity index (χ4n) is 2.17. The van der Waals surface area contributed by atoms with Crippen molar-refractivity contribution in [1.82, 2.24) is 9.78 Å². The molecule has 3 N–H and O–H groups in total. The fraction of sp³-hybridized carbons (Fsp3) is 0. The van der Waals surface area contributed by atoms with Gasteiger partial charge in [0.1, 0.15) is 11.5 Å². The summed E-state index contributed by atoms with van der Waals surface area (Å²) in [6.45, 7) is 0. The molecular weight excluding hydrogens is 391 g/mol. The number of benzene rings is 2. The number of halogens is 2. The molecule has 0 saturated carbocycles. The van der Waals surface area contributed by atoms with Crippen LogP contribution in [0.3, 0.4) is 0 Å². The Morgan fingerprint density at radius 2 is 1.84 bits per heavy atom. The summed E-state index contributed by atoms with van der Waals surface area (Å²) in [5, 5.41) is 6.66. The first-order chi connectivity index (χ1) is 11.9. The highest BCUT2D eigenvalue weighted by molar-refractivity contribution is 9.10. The Bertz CT molecular complexity index is 954. The number of nitrogens with zero attached hydrogens (tertiary/aromatic N) is 2. The summed E-state index contributed by atoms with van der Waals surface area (Å²) in [7, 11) is 0. The number of amides is 2. The Morgan fingerprint density at radius 3 is 2.48 bits per heavy atom. The van der Waals surface area contributed by atoms with Gasteiger partial charge < -0.3 is 11.1 Å². The maximum absolute atomic E-state index is 13.7. The number of nitrogens with two attached hydrogens (primary N) is 1. The van der Waals surface area contributed by atoms with Crippen LogP contribution >= 0.6 is 15.9 Å². The molecule has 2 amide bonds. The van der Waals surface area contributed by atoms with Crippen molar-refractivity contribution in [3.05, 3.63) is 76.3 Å². The Labute approximate surface area is 150 Å². The summed E-state index contributed by atoms with van der Waals surface area (Å²) in [5.74, 6) is -1.77. The number of hydrogen-bond acceptors (Lipinski definition) is 3. The molecule has 6 nitrogen and oxygen atoms in total. The van der Waals surface area contributed by atoms with Gasteiger partial charge in [-0.25, -0.2) is 9.07 Å². The first kappa shape index (κ1) is 16.8. The second-order valence-corrected chi connectivity index (χ2v) is 6.05. The van der Waals surface area contributed by atoms with Gasteiger partial charge >= 0.3 is 0 Å². The van der Waals surface area contributed by atoms with Crippen molar-refractivity contribution in [2.24, 2.45) is 5.73 Å². The quantitative estimate of drug-likeness (QED) is 0.702. The SMILES string of the molecule is NC(=O)c1ccn(-c2ccc(NC(=O)c3cc(Br)ccc3F)cc2)n1. The van der Waals surface area contributed by atoms with Crippen LogP contribution < -0.4 is 11.1 Å². The molecular formula is C17H12BrFN4O2. The Kier molecular flexibility index (Phi) is 4.62. The van der Waals surface area contributed by atoms with Crippen LogP contribution in [0.2, 0.25) is 0 Å². The van der Waals surface area contributed by atoms with Gasteiger partial charge in [0.15, 0.2) is 0 Å². The zero-order chi connectivity index (χ0) is 18.0.